The lowest BCUT2D eigenvalue weighted by atomic mass is 9.86. The monoisotopic (exact) mass is 864 g/mol. The van der Waals surface area contributed by atoms with Crippen LogP contribution in [-0.2, 0) is 0 Å². The summed E-state index contributed by atoms with van der Waals surface area (Å²) in [7, 11) is 0. The Morgan fingerprint density at radius 3 is 0.905 bits per heavy atom. The normalized spacial score (nSPS) is 19.6. The molecule has 0 saturated carbocycles. The molecule has 7 aromatic rings. The first-order valence-corrected chi connectivity index (χ1v) is 23.8. The fraction of sp³-hybridized carbons (Fsp3) is 0.0556. The van der Waals surface area contributed by atoms with Crippen LogP contribution in [-0.4, -0.2) is 15.0 Å². The van der Waals surface area contributed by atoms with Crippen LogP contribution in [0.2, 0.25) is 0 Å². The van der Waals surface area contributed by atoms with E-state index in [4.69, 9.17) is 15.0 Å². The van der Waals surface area contributed by atoms with Crippen molar-refractivity contribution in [3.8, 4) is 34.2 Å². The molecule has 9 heteroatoms. The minimum Gasteiger partial charge on any atom is -0.354 e. The molecule has 0 unspecified atom stereocenters. The number of anilines is 6. The number of fused-ring (bicyclic) bond motifs is 6. The lowest BCUT2D eigenvalue weighted by Crippen LogP contribution is -2.12. The van der Waals surface area contributed by atoms with Gasteiger partial charge in [0, 0.05) is 116 Å². The number of hydrogen-bond acceptors (Lipinski definition) is 9. The molecule has 63 heavy (non-hydrogen) atoms. The molecule has 6 aromatic carbocycles. The Kier molecular flexibility index (Phi) is 8.74. The maximum Gasteiger partial charge on any atom is 0.164 e. The molecule has 0 spiro atoms. The maximum absolute atomic E-state index is 5.58. The highest BCUT2D eigenvalue weighted by atomic mass is 32.2. The van der Waals surface area contributed by atoms with Gasteiger partial charge in [0.2, 0.25) is 0 Å². The van der Waals surface area contributed by atoms with Crippen molar-refractivity contribution in [2.75, 3.05) is 16.0 Å². The van der Waals surface area contributed by atoms with E-state index >= 15 is 0 Å². The molecule has 300 valence electrons. The van der Waals surface area contributed by atoms with E-state index in [9.17, 15) is 0 Å². The molecule has 13 rings (SSSR count). The summed E-state index contributed by atoms with van der Waals surface area (Å²) in [5.41, 5.74) is 19.8. The first kappa shape index (κ1) is 36.8. The summed E-state index contributed by atoms with van der Waals surface area (Å²) in [6.45, 7) is 0. The molecule has 7 heterocycles. The molecule has 6 nitrogen and oxygen atoms in total. The molecule has 3 N–H and O–H groups in total. The molecule has 0 atom stereocenters. The average Bonchev–Trinajstić information content (AvgIpc) is 4.17. The Hall–Kier alpha value is -6.78. The lowest BCUT2D eigenvalue weighted by Gasteiger charge is -2.29. The molecule has 0 radical (unpaired) electrons. The smallest absolute Gasteiger partial charge is 0.164 e. The number of nitrogens with one attached hydrogen (secondary N) is 3. The number of rotatable bonds is 3. The summed E-state index contributed by atoms with van der Waals surface area (Å²) in [4.78, 5) is 20.7. The van der Waals surface area contributed by atoms with Crippen molar-refractivity contribution in [3.63, 3.8) is 0 Å². The second kappa shape index (κ2) is 14.9. The van der Waals surface area contributed by atoms with Crippen molar-refractivity contribution in [1.29, 1.82) is 0 Å². The summed E-state index contributed by atoms with van der Waals surface area (Å²) in [5, 5.41) is 18.0. The molecule has 1 aromatic heterocycles. The summed E-state index contributed by atoms with van der Waals surface area (Å²) in [6, 6.07) is 45.3. The first-order valence-electron chi connectivity index (χ1n) is 21.2. The Bertz CT molecular complexity index is 2940. The highest BCUT2D eigenvalue weighted by molar-refractivity contribution is 8.06. The SMILES string of the molecule is C1=CSC(=C2c3ccccc3Nc3cccc(-c4nc(-c5cccc6c5C(=C5CC=CS5)c5ccccc5N6)nc(-c5cccc6c5C(=C5CC=CS5)c5ccccc5N6)n4)c32)C1. The number of benzene rings is 6. The van der Waals surface area contributed by atoms with E-state index in [2.05, 4.69) is 178 Å². The van der Waals surface area contributed by atoms with Crippen LogP contribution >= 0.6 is 35.3 Å². The van der Waals surface area contributed by atoms with Crippen molar-refractivity contribution in [1.82, 2.24) is 15.0 Å². The van der Waals surface area contributed by atoms with Gasteiger partial charge in [-0.25, -0.2) is 15.0 Å². The van der Waals surface area contributed by atoms with Gasteiger partial charge in [-0.15, -0.1) is 35.3 Å². The predicted octanol–water partition coefficient (Wildman–Crippen LogP) is 15.3. The first-order chi connectivity index (χ1) is 31.2. The Morgan fingerprint density at radius 2 is 0.603 bits per heavy atom. The van der Waals surface area contributed by atoms with Gasteiger partial charge in [-0.1, -0.05) is 109 Å². The highest BCUT2D eigenvalue weighted by Gasteiger charge is 2.33. The van der Waals surface area contributed by atoms with Crippen LogP contribution < -0.4 is 16.0 Å². The van der Waals surface area contributed by atoms with E-state index < -0.39 is 0 Å². The third-order valence-electron chi connectivity index (χ3n) is 12.4. The van der Waals surface area contributed by atoms with Crippen molar-refractivity contribution >= 4 is 86.1 Å². The van der Waals surface area contributed by atoms with Gasteiger partial charge in [0.05, 0.1) is 0 Å². The van der Waals surface area contributed by atoms with Crippen molar-refractivity contribution in [2.45, 2.75) is 19.3 Å². The molecule has 6 aliphatic rings. The summed E-state index contributed by atoms with van der Waals surface area (Å²) in [5.74, 6) is 1.88. The van der Waals surface area contributed by atoms with Crippen LogP contribution in [0.1, 0.15) is 52.6 Å². The van der Waals surface area contributed by atoms with Crippen molar-refractivity contribution < 1.29 is 0 Å². The van der Waals surface area contributed by atoms with E-state index in [0.29, 0.717) is 17.5 Å². The van der Waals surface area contributed by atoms with Gasteiger partial charge in [0.1, 0.15) is 0 Å². The van der Waals surface area contributed by atoms with Gasteiger partial charge < -0.3 is 16.0 Å². The van der Waals surface area contributed by atoms with Crippen LogP contribution in [0.25, 0.3) is 50.9 Å². The number of aromatic nitrogens is 3. The molecule has 0 bridgehead atoms. The number of nitrogens with zero attached hydrogens (tertiary/aromatic N) is 3. The Morgan fingerprint density at radius 1 is 0.317 bits per heavy atom. The minimum atomic E-state index is 0.628. The Labute approximate surface area is 378 Å². The second-order valence-electron chi connectivity index (χ2n) is 16.0. The summed E-state index contributed by atoms with van der Waals surface area (Å²) < 4.78 is 0. The van der Waals surface area contributed by atoms with Crippen molar-refractivity contribution in [3.05, 3.63) is 210 Å². The Balaban J connectivity index is 1.10. The van der Waals surface area contributed by atoms with Gasteiger partial charge >= 0.3 is 0 Å². The number of thioether (sulfide) groups is 3. The van der Waals surface area contributed by atoms with Gasteiger partial charge in [0.15, 0.2) is 17.5 Å². The van der Waals surface area contributed by atoms with Crippen LogP contribution in [0.5, 0.6) is 0 Å². The molecule has 0 amide bonds. The fourth-order valence-corrected chi connectivity index (χ4v) is 12.3. The number of allylic oxidation sites excluding steroid dienone is 6. The zero-order chi connectivity index (χ0) is 41.4. The van der Waals surface area contributed by atoms with Gasteiger partial charge in [-0.3, -0.25) is 0 Å². The van der Waals surface area contributed by atoms with Crippen LogP contribution in [0.4, 0.5) is 34.1 Å². The van der Waals surface area contributed by atoms with E-state index in [1.807, 2.05) is 0 Å². The fourth-order valence-electron chi connectivity index (χ4n) is 9.70. The molecule has 0 fully saturated rings. The van der Waals surface area contributed by atoms with Crippen LogP contribution in [0.3, 0.4) is 0 Å². The molecule has 6 aliphatic heterocycles. The van der Waals surface area contributed by atoms with E-state index in [1.54, 1.807) is 35.3 Å². The zero-order valence-electron chi connectivity index (χ0n) is 33.8. The van der Waals surface area contributed by atoms with Gasteiger partial charge in [-0.2, -0.15) is 0 Å². The zero-order valence-corrected chi connectivity index (χ0v) is 36.2. The predicted molar refractivity (Wildman–Crippen MR) is 267 cm³/mol. The maximum atomic E-state index is 5.58. The minimum absolute atomic E-state index is 0.628. The summed E-state index contributed by atoms with van der Waals surface area (Å²) >= 11 is 5.41. The third kappa shape index (κ3) is 6.02. The average molecular weight is 865 g/mol. The quantitative estimate of drug-likeness (QED) is 0.161. The van der Waals surface area contributed by atoms with Gasteiger partial charge in [-0.05, 0) is 71.9 Å². The van der Waals surface area contributed by atoms with Crippen LogP contribution in [0, 0.1) is 0 Å². The highest BCUT2D eigenvalue weighted by Crippen LogP contribution is 2.54. The molecule has 0 aliphatic carbocycles. The molecule has 0 saturated heterocycles. The van der Waals surface area contributed by atoms with Gasteiger partial charge in [0.25, 0.3) is 0 Å². The second-order valence-corrected chi connectivity index (χ2v) is 19.0. The van der Waals surface area contributed by atoms with E-state index in [-0.39, 0.29) is 0 Å². The topological polar surface area (TPSA) is 74.8 Å². The van der Waals surface area contributed by atoms with E-state index in [1.165, 1.54) is 48.1 Å². The number of para-hydroxylation sites is 3. The van der Waals surface area contributed by atoms with Crippen molar-refractivity contribution in [2.24, 2.45) is 0 Å². The lowest BCUT2D eigenvalue weighted by molar-refractivity contribution is 1.07. The standard InChI is InChI=1S/C54H36N6S3/c1-4-19-37-31(13-1)49(43-25-10-28-61-43)46-34(16-7-22-40(46)55-37)52-58-53(35-17-8-23-41-47(35)50(44-26-11-29-62-44)32-14-2-5-20-38(32)56-41)60-54(59-52)36-18-9-24-42-48(36)51(45-27-12-30-63-45)33-15-3-6-21-39(33)57-42/h1-24,28-30,55-57H,25-27H2. The molecular weight excluding hydrogens is 829 g/mol. The third-order valence-corrected chi connectivity index (χ3v) is 15.3. The van der Waals surface area contributed by atoms with Crippen LogP contribution in [0.15, 0.2) is 177 Å². The largest absolute Gasteiger partial charge is 0.354 e. The summed E-state index contributed by atoms with van der Waals surface area (Å²) in [6.07, 6.45) is 9.38. The van der Waals surface area contributed by atoms with E-state index in [0.717, 1.165) is 86.8 Å². The molecular formula is C54H36N6S3. The number of hydrogen-bond donors (Lipinski definition) is 3.